The third kappa shape index (κ3) is 4.77. The molecule has 2 N–H and O–H groups in total. The molecular weight excluding hydrogens is 416 g/mol. The van der Waals surface area contributed by atoms with E-state index >= 15 is 0 Å². The molecule has 0 amide bonds. The van der Waals surface area contributed by atoms with Crippen molar-refractivity contribution in [1.29, 1.82) is 0 Å². The first-order valence-corrected chi connectivity index (χ1v) is 10.4. The SMILES string of the molecule is Cc1c(OCc2cccc(-c3cccc(C(=O)O)c3)c2)ccc(C(=O)c2ccccc2)c1O. The summed E-state index contributed by atoms with van der Waals surface area (Å²) < 4.78 is 5.93. The Morgan fingerprint density at radius 1 is 0.788 bits per heavy atom. The van der Waals surface area contributed by atoms with Crippen LogP contribution in [0.3, 0.4) is 0 Å². The molecule has 0 radical (unpaired) electrons. The minimum atomic E-state index is -0.971. The van der Waals surface area contributed by atoms with E-state index in [1.54, 1.807) is 61.5 Å². The smallest absolute Gasteiger partial charge is 0.335 e. The zero-order chi connectivity index (χ0) is 23.4. The number of phenolic OH excluding ortho intramolecular Hbond substituents is 1. The first-order valence-electron chi connectivity index (χ1n) is 10.4. The summed E-state index contributed by atoms with van der Waals surface area (Å²) >= 11 is 0. The molecule has 0 aliphatic rings. The molecule has 0 aliphatic carbocycles. The molecule has 0 spiro atoms. The van der Waals surface area contributed by atoms with Crippen LogP contribution in [0.25, 0.3) is 11.1 Å². The van der Waals surface area contributed by atoms with Crippen LogP contribution in [0.5, 0.6) is 11.5 Å². The number of benzene rings is 4. The second kappa shape index (κ2) is 9.40. The maximum Gasteiger partial charge on any atom is 0.335 e. The number of rotatable bonds is 7. The molecule has 0 saturated heterocycles. The van der Waals surface area contributed by atoms with Gasteiger partial charge in [0, 0.05) is 11.1 Å². The number of carboxylic acids is 1. The molecule has 0 bridgehead atoms. The van der Waals surface area contributed by atoms with Crippen LogP contribution in [0.2, 0.25) is 0 Å². The predicted octanol–water partition coefficient (Wildman–Crippen LogP) is 5.88. The van der Waals surface area contributed by atoms with Crippen LogP contribution < -0.4 is 4.74 Å². The number of carbonyl (C=O) groups is 2. The van der Waals surface area contributed by atoms with Crippen LogP contribution in [-0.2, 0) is 6.61 Å². The van der Waals surface area contributed by atoms with Gasteiger partial charge in [-0.3, -0.25) is 4.79 Å². The Labute approximate surface area is 191 Å². The summed E-state index contributed by atoms with van der Waals surface area (Å²) in [5.74, 6) is -0.837. The summed E-state index contributed by atoms with van der Waals surface area (Å²) in [7, 11) is 0. The van der Waals surface area contributed by atoms with E-state index in [4.69, 9.17) is 4.74 Å². The molecule has 0 fully saturated rings. The molecule has 0 heterocycles. The third-order valence-electron chi connectivity index (χ3n) is 5.43. The molecular formula is C28H22O5. The molecule has 0 aliphatic heterocycles. The fraction of sp³-hybridized carbons (Fsp3) is 0.0714. The number of phenols is 1. The van der Waals surface area contributed by atoms with Gasteiger partial charge in [0.15, 0.2) is 5.78 Å². The molecule has 0 unspecified atom stereocenters. The second-order valence-corrected chi connectivity index (χ2v) is 7.66. The van der Waals surface area contributed by atoms with E-state index in [1.165, 1.54) is 0 Å². The minimum Gasteiger partial charge on any atom is -0.507 e. The summed E-state index contributed by atoms with van der Waals surface area (Å²) in [5, 5.41) is 19.8. The van der Waals surface area contributed by atoms with Crippen molar-refractivity contribution in [3.05, 3.63) is 119 Å². The van der Waals surface area contributed by atoms with Crippen LogP contribution in [0.15, 0.2) is 91.0 Å². The number of ketones is 1. The van der Waals surface area contributed by atoms with Crippen LogP contribution >= 0.6 is 0 Å². The summed E-state index contributed by atoms with van der Waals surface area (Å²) in [6.07, 6.45) is 0. The lowest BCUT2D eigenvalue weighted by Gasteiger charge is -2.13. The Morgan fingerprint density at radius 2 is 1.45 bits per heavy atom. The van der Waals surface area contributed by atoms with Gasteiger partial charge in [-0.25, -0.2) is 4.79 Å². The zero-order valence-corrected chi connectivity index (χ0v) is 18.0. The quantitative estimate of drug-likeness (QED) is 0.352. The number of carboxylic acid groups (broad SMARTS) is 1. The van der Waals surface area contributed by atoms with Crippen molar-refractivity contribution in [2.75, 3.05) is 0 Å². The Kier molecular flexibility index (Phi) is 6.22. The van der Waals surface area contributed by atoms with Gasteiger partial charge in [0.2, 0.25) is 0 Å². The first-order chi connectivity index (χ1) is 15.9. The van der Waals surface area contributed by atoms with Gasteiger partial charge in [-0.1, -0.05) is 60.7 Å². The Hall–Kier alpha value is -4.38. The van der Waals surface area contributed by atoms with Gasteiger partial charge in [-0.05, 0) is 53.9 Å². The summed E-state index contributed by atoms with van der Waals surface area (Å²) in [6.45, 7) is 1.96. The maximum absolute atomic E-state index is 12.7. The highest BCUT2D eigenvalue weighted by Gasteiger charge is 2.17. The normalized spacial score (nSPS) is 10.6. The van der Waals surface area contributed by atoms with E-state index in [2.05, 4.69) is 0 Å². The van der Waals surface area contributed by atoms with Crippen LogP contribution in [-0.4, -0.2) is 22.0 Å². The van der Waals surface area contributed by atoms with Crippen LogP contribution in [0.4, 0.5) is 0 Å². The largest absolute Gasteiger partial charge is 0.507 e. The standard InChI is InChI=1S/C28H22O5/c1-18-25(14-13-24(26(18)29)27(30)20-8-3-2-4-9-20)33-17-19-7-5-10-21(15-19)22-11-6-12-23(16-22)28(31)32/h2-16,29H,17H2,1H3,(H,31,32). The molecule has 5 nitrogen and oxygen atoms in total. The van der Waals surface area contributed by atoms with Crippen molar-refractivity contribution in [2.45, 2.75) is 13.5 Å². The van der Waals surface area contributed by atoms with Gasteiger partial charge in [0.25, 0.3) is 0 Å². The van der Waals surface area contributed by atoms with Gasteiger partial charge in [-0.2, -0.15) is 0 Å². The number of aromatic carboxylic acids is 1. The van der Waals surface area contributed by atoms with Gasteiger partial charge >= 0.3 is 5.97 Å². The fourth-order valence-corrected chi connectivity index (χ4v) is 3.60. The monoisotopic (exact) mass is 438 g/mol. The first kappa shape index (κ1) is 21.8. The molecule has 4 aromatic carbocycles. The highest BCUT2D eigenvalue weighted by atomic mass is 16.5. The maximum atomic E-state index is 12.7. The number of carbonyl (C=O) groups excluding carboxylic acids is 1. The Morgan fingerprint density at radius 3 is 2.18 bits per heavy atom. The highest BCUT2D eigenvalue weighted by Crippen LogP contribution is 2.32. The number of hydrogen-bond acceptors (Lipinski definition) is 4. The summed E-state index contributed by atoms with van der Waals surface area (Å²) in [5.41, 5.74) is 4.01. The molecule has 0 aromatic heterocycles. The average Bonchev–Trinajstić information content (AvgIpc) is 2.85. The fourth-order valence-electron chi connectivity index (χ4n) is 3.60. The number of aromatic hydroxyl groups is 1. The van der Waals surface area contributed by atoms with E-state index < -0.39 is 5.97 Å². The number of ether oxygens (including phenoxy) is 1. The van der Waals surface area contributed by atoms with Gasteiger partial charge < -0.3 is 14.9 Å². The average molecular weight is 438 g/mol. The second-order valence-electron chi connectivity index (χ2n) is 7.66. The van der Waals surface area contributed by atoms with Crippen molar-refractivity contribution in [3.8, 4) is 22.6 Å². The molecule has 0 atom stereocenters. The van der Waals surface area contributed by atoms with E-state index in [-0.39, 0.29) is 29.3 Å². The molecule has 164 valence electrons. The van der Waals surface area contributed by atoms with Crippen molar-refractivity contribution >= 4 is 11.8 Å². The lowest BCUT2D eigenvalue weighted by molar-refractivity contribution is 0.0696. The minimum absolute atomic E-state index is 0.0967. The van der Waals surface area contributed by atoms with E-state index in [0.717, 1.165) is 16.7 Å². The lowest BCUT2D eigenvalue weighted by Crippen LogP contribution is -2.04. The topological polar surface area (TPSA) is 83.8 Å². The van der Waals surface area contributed by atoms with Crippen molar-refractivity contribution in [2.24, 2.45) is 0 Å². The lowest BCUT2D eigenvalue weighted by atomic mass is 9.99. The summed E-state index contributed by atoms with van der Waals surface area (Å²) in [4.78, 5) is 24.0. The Bertz CT molecular complexity index is 1330. The molecule has 5 heteroatoms. The van der Waals surface area contributed by atoms with E-state index in [9.17, 15) is 19.8 Å². The van der Waals surface area contributed by atoms with E-state index in [0.29, 0.717) is 16.9 Å². The van der Waals surface area contributed by atoms with Crippen molar-refractivity contribution in [1.82, 2.24) is 0 Å². The Balaban J connectivity index is 1.52. The molecule has 4 aromatic rings. The van der Waals surface area contributed by atoms with Gasteiger partial charge in [-0.15, -0.1) is 0 Å². The third-order valence-corrected chi connectivity index (χ3v) is 5.43. The van der Waals surface area contributed by atoms with Crippen molar-refractivity contribution < 1.29 is 24.5 Å². The predicted molar refractivity (Wildman–Crippen MR) is 126 cm³/mol. The van der Waals surface area contributed by atoms with Gasteiger partial charge in [0.1, 0.15) is 18.1 Å². The van der Waals surface area contributed by atoms with E-state index in [1.807, 2.05) is 36.4 Å². The van der Waals surface area contributed by atoms with Crippen LogP contribution in [0, 0.1) is 6.92 Å². The molecule has 33 heavy (non-hydrogen) atoms. The molecule has 0 saturated carbocycles. The molecule has 4 rings (SSSR count). The zero-order valence-electron chi connectivity index (χ0n) is 18.0. The number of hydrogen-bond donors (Lipinski definition) is 2. The van der Waals surface area contributed by atoms with Gasteiger partial charge in [0.05, 0.1) is 11.1 Å². The summed E-state index contributed by atoms with van der Waals surface area (Å²) in [6, 6.07) is 26.5. The highest BCUT2D eigenvalue weighted by molar-refractivity contribution is 6.11. The van der Waals surface area contributed by atoms with Crippen LogP contribution in [0.1, 0.15) is 37.4 Å². The van der Waals surface area contributed by atoms with Crippen molar-refractivity contribution in [3.63, 3.8) is 0 Å².